The minimum Gasteiger partial charge on any atom is -0.375 e. The first kappa shape index (κ1) is 23.2. The van der Waals surface area contributed by atoms with Crippen molar-refractivity contribution in [3.8, 4) is 0 Å². The predicted octanol–water partition coefficient (Wildman–Crippen LogP) is 3.56. The first-order valence-electron chi connectivity index (χ1n) is 10.5. The topological polar surface area (TPSA) is 61.8 Å². The van der Waals surface area contributed by atoms with Crippen molar-refractivity contribution < 1.29 is 4.74 Å². The second-order valence-electron chi connectivity index (χ2n) is 7.96. The number of anilines is 1. The molecule has 28 heavy (non-hydrogen) atoms. The molecular weight excluding hydrogens is 465 g/mol. The molecule has 1 aromatic heterocycles. The van der Waals surface area contributed by atoms with E-state index < -0.39 is 0 Å². The van der Waals surface area contributed by atoms with Gasteiger partial charge < -0.3 is 20.3 Å². The maximum atomic E-state index is 5.64. The van der Waals surface area contributed by atoms with Gasteiger partial charge in [0.15, 0.2) is 5.96 Å². The van der Waals surface area contributed by atoms with E-state index in [1.807, 2.05) is 6.20 Å². The van der Waals surface area contributed by atoms with Crippen molar-refractivity contribution in [1.82, 2.24) is 15.6 Å². The Bertz CT molecular complexity index is 627. The standard InChI is InChI=1S/C21H35N5O.HI/c1-4-22-21(25-19-7-5-6-16(2)12-19)24-14-18-8-9-23-20(13-18)26-10-11-27-17(3)15-26;/h8-9,13,16-17,19H,4-7,10-12,14-15H2,1-3H3,(H2,22,24,25);1H. The number of hydrogen-bond acceptors (Lipinski definition) is 4. The fourth-order valence-electron chi connectivity index (χ4n) is 4.01. The van der Waals surface area contributed by atoms with Gasteiger partial charge in [-0.05, 0) is 50.3 Å². The summed E-state index contributed by atoms with van der Waals surface area (Å²) >= 11 is 0. The molecule has 6 nitrogen and oxygen atoms in total. The van der Waals surface area contributed by atoms with E-state index in [1.165, 1.54) is 31.2 Å². The summed E-state index contributed by atoms with van der Waals surface area (Å²) in [4.78, 5) is 11.7. The lowest BCUT2D eigenvalue weighted by Gasteiger charge is -2.32. The van der Waals surface area contributed by atoms with Crippen LogP contribution in [-0.4, -0.2) is 49.3 Å². The predicted molar refractivity (Wildman–Crippen MR) is 127 cm³/mol. The van der Waals surface area contributed by atoms with E-state index in [9.17, 15) is 0 Å². The summed E-state index contributed by atoms with van der Waals surface area (Å²) in [5, 5.41) is 7.03. The number of halogens is 1. The largest absolute Gasteiger partial charge is 0.375 e. The van der Waals surface area contributed by atoms with Gasteiger partial charge in [-0.2, -0.15) is 0 Å². The molecule has 3 atom stereocenters. The monoisotopic (exact) mass is 501 g/mol. The number of nitrogens with zero attached hydrogens (tertiary/aromatic N) is 3. The Balaban J connectivity index is 0.00000280. The first-order chi connectivity index (χ1) is 13.1. The van der Waals surface area contributed by atoms with Crippen LogP contribution in [0.2, 0.25) is 0 Å². The van der Waals surface area contributed by atoms with E-state index >= 15 is 0 Å². The van der Waals surface area contributed by atoms with Crippen LogP contribution < -0.4 is 15.5 Å². The van der Waals surface area contributed by atoms with Crippen LogP contribution in [0.3, 0.4) is 0 Å². The minimum atomic E-state index is 0. The maximum Gasteiger partial charge on any atom is 0.191 e. The third kappa shape index (κ3) is 7.06. The Kier molecular flexibility index (Phi) is 9.77. The van der Waals surface area contributed by atoms with Gasteiger partial charge in [0.05, 0.1) is 19.3 Å². The van der Waals surface area contributed by atoms with Crippen LogP contribution in [-0.2, 0) is 11.3 Å². The van der Waals surface area contributed by atoms with Gasteiger partial charge in [-0.3, -0.25) is 0 Å². The van der Waals surface area contributed by atoms with Crippen LogP contribution in [0.15, 0.2) is 23.3 Å². The van der Waals surface area contributed by atoms with Gasteiger partial charge in [-0.25, -0.2) is 9.98 Å². The second kappa shape index (κ2) is 11.8. The molecule has 3 unspecified atom stereocenters. The number of guanidine groups is 1. The van der Waals surface area contributed by atoms with E-state index in [4.69, 9.17) is 9.73 Å². The second-order valence-corrected chi connectivity index (χ2v) is 7.96. The summed E-state index contributed by atoms with van der Waals surface area (Å²) in [5.74, 6) is 2.75. The Morgan fingerprint density at radius 3 is 2.96 bits per heavy atom. The van der Waals surface area contributed by atoms with Crippen molar-refractivity contribution in [3.05, 3.63) is 23.9 Å². The van der Waals surface area contributed by atoms with Crippen molar-refractivity contribution in [2.24, 2.45) is 10.9 Å². The lowest BCUT2D eigenvalue weighted by Crippen LogP contribution is -2.45. The fourth-order valence-corrected chi connectivity index (χ4v) is 4.01. The normalized spacial score (nSPS) is 25.8. The van der Waals surface area contributed by atoms with Crippen LogP contribution in [0.5, 0.6) is 0 Å². The molecule has 7 heteroatoms. The lowest BCUT2D eigenvalue weighted by molar-refractivity contribution is 0.0529. The molecule has 0 bridgehead atoms. The highest BCUT2D eigenvalue weighted by atomic mass is 127. The zero-order valence-electron chi connectivity index (χ0n) is 17.5. The van der Waals surface area contributed by atoms with E-state index in [-0.39, 0.29) is 30.1 Å². The van der Waals surface area contributed by atoms with Gasteiger partial charge in [0, 0.05) is 31.9 Å². The smallest absolute Gasteiger partial charge is 0.191 e. The SMILES string of the molecule is CCNC(=NCc1ccnc(N2CCOC(C)C2)c1)NC1CCCC(C)C1.I. The molecule has 2 heterocycles. The summed E-state index contributed by atoms with van der Waals surface area (Å²) in [6, 6.07) is 4.76. The molecule has 3 rings (SSSR count). The van der Waals surface area contributed by atoms with E-state index in [0.29, 0.717) is 12.6 Å². The first-order valence-corrected chi connectivity index (χ1v) is 10.5. The zero-order valence-corrected chi connectivity index (χ0v) is 19.8. The number of morpholine rings is 1. The summed E-state index contributed by atoms with van der Waals surface area (Å²) in [6.45, 7) is 10.7. The van der Waals surface area contributed by atoms with Gasteiger partial charge in [0.2, 0.25) is 0 Å². The Hall–Kier alpha value is -1.09. The summed E-state index contributed by atoms with van der Waals surface area (Å²) in [6.07, 6.45) is 7.28. The van der Waals surface area contributed by atoms with Gasteiger partial charge in [-0.15, -0.1) is 24.0 Å². The maximum absolute atomic E-state index is 5.64. The molecular formula is C21H36IN5O. The molecule has 158 valence electrons. The number of ether oxygens (including phenoxy) is 1. The molecule has 0 aromatic carbocycles. The molecule has 0 spiro atoms. The third-order valence-corrected chi connectivity index (χ3v) is 5.42. The Morgan fingerprint density at radius 2 is 2.21 bits per heavy atom. The molecule has 1 saturated heterocycles. The average molecular weight is 501 g/mol. The Labute approximate surface area is 186 Å². The zero-order chi connectivity index (χ0) is 19.1. The van der Waals surface area contributed by atoms with Crippen LogP contribution >= 0.6 is 24.0 Å². The molecule has 1 saturated carbocycles. The molecule has 2 fully saturated rings. The molecule has 2 N–H and O–H groups in total. The van der Waals surface area contributed by atoms with Crippen LogP contribution in [0, 0.1) is 5.92 Å². The summed E-state index contributed by atoms with van der Waals surface area (Å²) in [5.41, 5.74) is 1.19. The van der Waals surface area contributed by atoms with E-state index in [1.54, 1.807) is 0 Å². The quantitative estimate of drug-likeness (QED) is 0.367. The number of rotatable bonds is 5. The van der Waals surface area contributed by atoms with Gasteiger partial charge in [-0.1, -0.05) is 19.8 Å². The lowest BCUT2D eigenvalue weighted by atomic mass is 9.87. The molecule has 1 aromatic rings. The molecule has 0 radical (unpaired) electrons. The third-order valence-electron chi connectivity index (χ3n) is 5.42. The summed E-state index contributed by atoms with van der Waals surface area (Å²) < 4.78 is 5.64. The molecule has 0 amide bonds. The van der Waals surface area contributed by atoms with Crippen molar-refractivity contribution in [3.63, 3.8) is 0 Å². The molecule has 2 aliphatic rings. The van der Waals surface area contributed by atoms with Crippen LogP contribution in [0.25, 0.3) is 0 Å². The van der Waals surface area contributed by atoms with Gasteiger partial charge >= 0.3 is 0 Å². The number of hydrogen-bond donors (Lipinski definition) is 2. The number of aliphatic imine (C=N–C) groups is 1. The van der Waals surface area contributed by atoms with Crippen molar-refractivity contribution in [2.75, 3.05) is 31.1 Å². The highest BCUT2D eigenvalue weighted by molar-refractivity contribution is 14.0. The van der Waals surface area contributed by atoms with Gasteiger partial charge in [0.1, 0.15) is 5.82 Å². The molecule has 1 aliphatic heterocycles. The van der Waals surface area contributed by atoms with Crippen molar-refractivity contribution >= 4 is 35.8 Å². The fraction of sp³-hybridized carbons (Fsp3) is 0.714. The number of pyridine rings is 1. The Morgan fingerprint density at radius 1 is 1.36 bits per heavy atom. The van der Waals surface area contributed by atoms with E-state index in [2.05, 4.69) is 53.4 Å². The highest BCUT2D eigenvalue weighted by Gasteiger charge is 2.20. The van der Waals surface area contributed by atoms with Gasteiger partial charge in [0.25, 0.3) is 0 Å². The van der Waals surface area contributed by atoms with Crippen molar-refractivity contribution in [2.45, 2.75) is 65.1 Å². The molecule has 1 aliphatic carbocycles. The number of aromatic nitrogens is 1. The van der Waals surface area contributed by atoms with E-state index in [0.717, 1.165) is 43.9 Å². The average Bonchev–Trinajstić information content (AvgIpc) is 2.67. The van der Waals surface area contributed by atoms with Crippen LogP contribution in [0.4, 0.5) is 5.82 Å². The highest BCUT2D eigenvalue weighted by Crippen LogP contribution is 2.23. The van der Waals surface area contributed by atoms with Crippen molar-refractivity contribution in [1.29, 1.82) is 0 Å². The minimum absolute atomic E-state index is 0. The van der Waals surface area contributed by atoms with Crippen LogP contribution in [0.1, 0.15) is 52.0 Å². The number of nitrogens with one attached hydrogen (secondary N) is 2. The summed E-state index contributed by atoms with van der Waals surface area (Å²) in [7, 11) is 0.